The first-order chi connectivity index (χ1) is 8.85. The van der Waals surface area contributed by atoms with Gasteiger partial charge in [0.2, 0.25) is 0 Å². The molecule has 0 saturated carbocycles. The summed E-state index contributed by atoms with van der Waals surface area (Å²) in [5.41, 5.74) is 6.55. The Kier molecular flexibility index (Phi) is 4.25. The number of nitrogens with two attached hydrogens (primary N) is 1. The number of ether oxygens (including phenoxy) is 1. The zero-order valence-electron chi connectivity index (χ0n) is 10.4. The van der Waals surface area contributed by atoms with E-state index in [0.717, 1.165) is 30.0 Å². The summed E-state index contributed by atoms with van der Waals surface area (Å²) in [6, 6.07) is 7.85. The molecule has 1 aromatic carbocycles. The second kappa shape index (κ2) is 6.11. The van der Waals surface area contributed by atoms with Crippen molar-refractivity contribution < 1.29 is 4.74 Å². The molecule has 96 valence electrons. The van der Waals surface area contributed by atoms with Crippen LogP contribution >= 0.6 is 0 Å². The number of hydrogen-bond acceptors (Lipinski definition) is 5. The highest BCUT2D eigenvalue weighted by atomic mass is 16.5. The molecule has 0 bridgehead atoms. The zero-order valence-corrected chi connectivity index (χ0v) is 10.4. The van der Waals surface area contributed by atoms with Crippen molar-refractivity contribution in [1.82, 2.24) is 20.2 Å². The van der Waals surface area contributed by atoms with Crippen LogP contribution < -0.4 is 10.5 Å². The molecule has 0 aliphatic rings. The number of aryl methyl sites for hydroxylation is 1. The molecule has 0 amide bonds. The number of aromatic nitrogens is 4. The third-order valence-corrected chi connectivity index (χ3v) is 2.72. The van der Waals surface area contributed by atoms with Gasteiger partial charge in [-0.15, -0.1) is 5.10 Å². The Morgan fingerprint density at radius 2 is 2.17 bits per heavy atom. The summed E-state index contributed by atoms with van der Waals surface area (Å²) in [6.45, 7) is 1.25. The van der Waals surface area contributed by atoms with Crippen LogP contribution in [0.2, 0.25) is 0 Å². The van der Waals surface area contributed by atoms with Crippen molar-refractivity contribution in [2.45, 2.75) is 19.4 Å². The molecule has 2 N–H and O–H groups in total. The van der Waals surface area contributed by atoms with Crippen LogP contribution in [0.15, 0.2) is 24.3 Å². The second-order valence-corrected chi connectivity index (χ2v) is 3.96. The van der Waals surface area contributed by atoms with Gasteiger partial charge >= 0.3 is 0 Å². The molecule has 0 fully saturated rings. The Morgan fingerprint density at radius 3 is 2.94 bits per heavy atom. The van der Waals surface area contributed by atoms with Crippen LogP contribution in [0.4, 0.5) is 0 Å². The van der Waals surface area contributed by atoms with Crippen LogP contribution in [0.1, 0.15) is 17.8 Å². The van der Waals surface area contributed by atoms with E-state index in [9.17, 15) is 0 Å². The summed E-state index contributed by atoms with van der Waals surface area (Å²) in [4.78, 5) is 0. The van der Waals surface area contributed by atoms with Crippen LogP contribution in [-0.2, 0) is 13.0 Å². The number of benzene rings is 1. The van der Waals surface area contributed by atoms with Crippen molar-refractivity contribution in [3.8, 4) is 5.75 Å². The smallest absolute Gasteiger partial charge is 0.151 e. The summed E-state index contributed by atoms with van der Waals surface area (Å²) >= 11 is 0. The summed E-state index contributed by atoms with van der Waals surface area (Å²) in [5, 5.41) is 11.7. The minimum Gasteiger partial charge on any atom is -0.496 e. The van der Waals surface area contributed by atoms with Crippen LogP contribution in [-0.4, -0.2) is 33.9 Å². The number of rotatable bonds is 6. The normalized spacial score (nSPS) is 10.6. The quantitative estimate of drug-likeness (QED) is 0.809. The summed E-state index contributed by atoms with van der Waals surface area (Å²) < 4.78 is 7.10. The Bertz CT molecular complexity index is 497. The molecule has 0 aliphatic carbocycles. The van der Waals surface area contributed by atoms with Crippen molar-refractivity contribution in [3.63, 3.8) is 0 Å². The fraction of sp³-hybridized carbons (Fsp3) is 0.417. The lowest BCUT2D eigenvalue weighted by Crippen LogP contribution is -2.10. The largest absolute Gasteiger partial charge is 0.496 e. The summed E-state index contributed by atoms with van der Waals surface area (Å²) in [5.74, 6) is 1.70. The maximum atomic E-state index is 5.50. The molecule has 0 aliphatic heterocycles. The lowest BCUT2D eigenvalue weighted by Gasteiger charge is -2.08. The van der Waals surface area contributed by atoms with Gasteiger partial charge in [-0.2, -0.15) is 0 Å². The van der Waals surface area contributed by atoms with Gasteiger partial charge in [-0.3, -0.25) is 0 Å². The van der Waals surface area contributed by atoms with E-state index in [0.29, 0.717) is 13.1 Å². The van der Waals surface area contributed by atoms with Crippen molar-refractivity contribution in [2.75, 3.05) is 13.7 Å². The second-order valence-electron chi connectivity index (χ2n) is 3.96. The predicted octanol–water partition coefficient (Wildman–Crippen LogP) is 0.621. The molecule has 0 saturated heterocycles. The van der Waals surface area contributed by atoms with Gasteiger partial charge in [-0.25, -0.2) is 4.68 Å². The average molecular weight is 247 g/mol. The topological polar surface area (TPSA) is 78.8 Å². The highest BCUT2D eigenvalue weighted by Crippen LogP contribution is 2.18. The molecule has 0 atom stereocenters. The van der Waals surface area contributed by atoms with E-state index >= 15 is 0 Å². The van der Waals surface area contributed by atoms with Crippen molar-refractivity contribution in [2.24, 2.45) is 5.73 Å². The van der Waals surface area contributed by atoms with Gasteiger partial charge < -0.3 is 10.5 Å². The Hall–Kier alpha value is -1.95. The highest BCUT2D eigenvalue weighted by Gasteiger charge is 2.08. The standard InChI is InChI=1S/C12H17N5O/c1-18-11-6-3-2-5-10(11)9-17-12(7-4-8-13)14-15-16-17/h2-3,5-6H,4,7-9,13H2,1H3. The lowest BCUT2D eigenvalue weighted by atomic mass is 10.2. The molecular weight excluding hydrogens is 230 g/mol. The van der Waals surface area contributed by atoms with Gasteiger partial charge in [-0.05, 0) is 29.5 Å². The van der Waals surface area contributed by atoms with Crippen molar-refractivity contribution in [3.05, 3.63) is 35.7 Å². The number of tetrazole rings is 1. The molecule has 6 nitrogen and oxygen atoms in total. The lowest BCUT2D eigenvalue weighted by molar-refractivity contribution is 0.406. The minimum absolute atomic E-state index is 0.608. The first kappa shape index (κ1) is 12.5. The third kappa shape index (κ3) is 2.84. The Morgan fingerprint density at radius 1 is 1.33 bits per heavy atom. The molecule has 2 aromatic rings. The maximum absolute atomic E-state index is 5.50. The van der Waals surface area contributed by atoms with E-state index in [1.165, 1.54) is 0 Å². The van der Waals surface area contributed by atoms with Gasteiger partial charge in [0.1, 0.15) is 5.75 Å². The molecule has 0 radical (unpaired) electrons. The molecule has 2 rings (SSSR count). The zero-order chi connectivity index (χ0) is 12.8. The van der Waals surface area contributed by atoms with Crippen LogP contribution in [0, 0.1) is 0 Å². The first-order valence-corrected chi connectivity index (χ1v) is 5.92. The summed E-state index contributed by atoms with van der Waals surface area (Å²) in [7, 11) is 1.66. The van der Waals surface area contributed by atoms with Crippen LogP contribution in [0.25, 0.3) is 0 Å². The van der Waals surface area contributed by atoms with Crippen molar-refractivity contribution in [1.29, 1.82) is 0 Å². The average Bonchev–Trinajstić information content (AvgIpc) is 2.84. The fourth-order valence-corrected chi connectivity index (χ4v) is 1.78. The van der Waals surface area contributed by atoms with E-state index in [1.807, 2.05) is 24.3 Å². The number of nitrogens with zero attached hydrogens (tertiary/aromatic N) is 4. The van der Waals surface area contributed by atoms with Gasteiger partial charge in [0, 0.05) is 12.0 Å². The first-order valence-electron chi connectivity index (χ1n) is 5.92. The maximum Gasteiger partial charge on any atom is 0.151 e. The number of hydrogen-bond donors (Lipinski definition) is 1. The molecule has 1 aromatic heterocycles. The third-order valence-electron chi connectivity index (χ3n) is 2.72. The van der Waals surface area contributed by atoms with Gasteiger partial charge in [-0.1, -0.05) is 18.2 Å². The van der Waals surface area contributed by atoms with Gasteiger partial charge in [0.25, 0.3) is 0 Å². The number of methoxy groups -OCH3 is 1. The Balaban J connectivity index is 2.15. The minimum atomic E-state index is 0.608. The molecule has 6 heteroatoms. The monoisotopic (exact) mass is 247 g/mol. The van der Waals surface area contributed by atoms with E-state index in [2.05, 4.69) is 15.5 Å². The molecule has 0 unspecified atom stereocenters. The number of para-hydroxylation sites is 1. The predicted molar refractivity (Wildman–Crippen MR) is 67.3 cm³/mol. The highest BCUT2D eigenvalue weighted by molar-refractivity contribution is 5.33. The summed E-state index contributed by atoms with van der Waals surface area (Å²) in [6.07, 6.45) is 1.67. The van der Waals surface area contributed by atoms with E-state index in [-0.39, 0.29) is 0 Å². The molecule has 1 heterocycles. The van der Waals surface area contributed by atoms with E-state index in [1.54, 1.807) is 11.8 Å². The van der Waals surface area contributed by atoms with Crippen LogP contribution in [0.5, 0.6) is 5.75 Å². The van der Waals surface area contributed by atoms with Crippen molar-refractivity contribution >= 4 is 0 Å². The molecular formula is C12H17N5O. The van der Waals surface area contributed by atoms with Gasteiger partial charge in [0.15, 0.2) is 5.82 Å². The fourth-order valence-electron chi connectivity index (χ4n) is 1.78. The van der Waals surface area contributed by atoms with Gasteiger partial charge in [0.05, 0.1) is 13.7 Å². The van der Waals surface area contributed by atoms with E-state index in [4.69, 9.17) is 10.5 Å². The molecule has 18 heavy (non-hydrogen) atoms. The Labute approximate surface area is 106 Å². The SMILES string of the molecule is COc1ccccc1Cn1nnnc1CCCN. The van der Waals surface area contributed by atoms with Crippen LogP contribution in [0.3, 0.4) is 0 Å². The van der Waals surface area contributed by atoms with E-state index < -0.39 is 0 Å². The molecule has 0 spiro atoms.